The highest BCUT2D eigenvalue weighted by molar-refractivity contribution is 5.64. The first-order valence-electron chi connectivity index (χ1n) is 13.2. The molecule has 4 N–H and O–H groups in total. The lowest BCUT2D eigenvalue weighted by Crippen LogP contribution is -2.20. The summed E-state index contributed by atoms with van der Waals surface area (Å²) in [5.74, 6) is 2.73. The van der Waals surface area contributed by atoms with Gasteiger partial charge in [0.15, 0.2) is 0 Å². The minimum Gasteiger partial charge on any atom is -0.493 e. The number of nitrogens with zero attached hydrogens (tertiary/aromatic N) is 3. The molecule has 40 heavy (non-hydrogen) atoms. The molecule has 5 aromatic rings. The lowest BCUT2D eigenvalue weighted by atomic mass is 10.2. The lowest BCUT2D eigenvalue weighted by Gasteiger charge is -2.10. The number of aliphatic hydroxyl groups excluding tert-OH is 1. The Hall–Kier alpha value is -4.73. The van der Waals surface area contributed by atoms with Crippen LogP contribution in [0.3, 0.4) is 0 Å². The van der Waals surface area contributed by atoms with Crippen molar-refractivity contribution < 1.29 is 14.6 Å². The Morgan fingerprint density at radius 1 is 0.825 bits per heavy atom. The van der Waals surface area contributed by atoms with Crippen LogP contribution in [-0.2, 0) is 6.61 Å². The van der Waals surface area contributed by atoms with Gasteiger partial charge < -0.3 is 30.2 Å². The highest BCUT2D eigenvalue weighted by atomic mass is 16.5. The van der Waals surface area contributed by atoms with Crippen LogP contribution >= 0.6 is 0 Å². The molecule has 0 radical (unpaired) electrons. The first-order valence-corrected chi connectivity index (χ1v) is 13.2. The number of benzene rings is 3. The van der Waals surface area contributed by atoms with E-state index in [1.54, 1.807) is 12.4 Å². The van der Waals surface area contributed by atoms with Gasteiger partial charge in [-0.2, -0.15) is 0 Å². The Kier molecular flexibility index (Phi) is 9.32. The van der Waals surface area contributed by atoms with Crippen molar-refractivity contribution in [1.82, 2.24) is 25.3 Å². The molecule has 2 aromatic heterocycles. The number of aromatic nitrogens is 4. The van der Waals surface area contributed by atoms with Gasteiger partial charge in [-0.1, -0.05) is 48.5 Å². The number of anilines is 2. The Bertz CT molecular complexity index is 1490. The predicted molar refractivity (Wildman–Crippen MR) is 156 cm³/mol. The Balaban J connectivity index is 1.21. The van der Waals surface area contributed by atoms with Crippen molar-refractivity contribution in [2.45, 2.75) is 13.0 Å². The largest absolute Gasteiger partial charge is 0.493 e. The predicted octanol–water partition coefficient (Wildman–Crippen LogP) is 5.21. The highest BCUT2D eigenvalue weighted by Crippen LogP contribution is 2.26. The smallest absolute Gasteiger partial charge is 0.227 e. The summed E-state index contributed by atoms with van der Waals surface area (Å²) in [5.41, 5.74) is 4.36. The molecule has 5 rings (SSSR count). The molecule has 0 unspecified atom stereocenters. The SMILES string of the molecule is OCCNCCCOc1cccc(Nc2nccc(-c3cnc(-c4cccc(OCc5ccccc5)c4)[nH]3)n2)c1. The van der Waals surface area contributed by atoms with Gasteiger partial charge in [0, 0.05) is 30.1 Å². The summed E-state index contributed by atoms with van der Waals surface area (Å²) in [6.07, 6.45) is 4.33. The quantitative estimate of drug-likeness (QED) is 0.143. The summed E-state index contributed by atoms with van der Waals surface area (Å²) in [7, 11) is 0. The van der Waals surface area contributed by atoms with Gasteiger partial charge in [0.1, 0.15) is 23.9 Å². The molecule has 9 heteroatoms. The lowest BCUT2D eigenvalue weighted by molar-refractivity contribution is 0.282. The first kappa shape index (κ1) is 26.9. The molecule has 204 valence electrons. The number of ether oxygens (including phenoxy) is 2. The average Bonchev–Trinajstić information content (AvgIpc) is 3.50. The van der Waals surface area contributed by atoms with Gasteiger partial charge in [-0.05, 0) is 48.9 Å². The Morgan fingerprint density at radius 3 is 2.55 bits per heavy atom. The summed E-state index contributed by atoms with van der Waals surface area (Å²) in [5, 5.41) is 15.2. The second kappa shape index (κ2) is 13.9. The maximum atomic E-state index is 8.82. The number of imidazole rings is 1. The third-order valence-corrected chi connectivity index (χ3v) is 6.01. The fourth-order valence-corrected chi connectivity index (χ4v) is 4.03. The van der Waals surface area contributed by atoms with Crippen LogP contribution < -0.4 is 20.1 Å². The van der Waals surface area contributed by atoms with Crippen LogP contribution in [0, 0.1) is 0 Å². The Morgan fingerprint density at radius 2 is 1.68 bits per heavy atom. The monoisotopic (exact) mass is 536 g/mol. The second-order valence-corrected chi connectivity index (χ2v) is 9.04. The van der Waals surface area contributed by atoms with Crippen LogP contribution in [0.5, 0.6) is 11.5 Å². The third kappa shape index (κ3) is 7.66. The van der Waals surface area contributed by atoms with Crippen molar-refractivity contribution in [2.24, 2.45) is 0 Å². The van der Waals surface area contributed by atoms with E-state index in [0.29, 0.717) is 25.7 Å². The van der Waals surface area contributed by atoms with Gasteiger partial charge in [-0.15, -0.1) is 0 Å². The third-order valence-electron chi connectivity index (χ3n) is 6.01. The van der Waals surface area contributed by atoms with Crippen LogP contribution in [-0.4, -0.2) is 51.3 Å². The maximum absolute atomic E-state index is 8.82. The van der Waals surface area contributed by atoms with Gasteiger partial charge in [-0.3, -0.25) is 0 Å². The van der Waals surface area contributed by atoms with Crippen molar-refractivity contribution in [3.63, 3.8) is 0 Å². The summed E-state index contributed by atoms with van der Waals surface area (Å²) in [6.45, 7) is 2.61. The molecular weight excluding hydrogens is 504 g/mol. The van der Waals surface area contributed by atoms with E-state index in [4.69, 9.17) is 14.6 Å². The van der Waals surface area contributed by atoms with Crippen LogP contribution in [0.2, 0.25) is 0 Å². The fourth-order valence-electron chi connectivity index (χ4n) is 4.03. The minimum atomic E-state index is 0.137. The van der Waals surface area contributed by atoms with Crippen LogP contribution in [0.4, 0.5) is 11.6 Å². The molecular formula is C31H32N6O3. The zero-order valence-electron chi connectivity index (χ0n) is 22.1. The number of nitrogens with one attached hydrogen (secondary N) is 3. The van der Waals surface area contributed by atoms with Gasteiger partial charge in [0.05, 0.1) is 30.8 Å². The van der Waals surface area contributed by atoms with Gasteiger partial charge in [0.2, 0.25) is 5.95 Å². The van der Waals surface area contributed by atoms with Crippen LogP contribution in [0.1, 0.15) is 12.0 Å². The van der Waals surface area contributed by atoms with Crippen LogP contribution in [0.25, 0.3) is 22.8 Å². The number of hydrogen-bond donors (Lipinski definition) is 4. The molecule has 0 amide bonds. The minimum absolute atomic E-state index is 0.137. The van der Waals surface area contributed by atoms with Gasteiger partial charge in [-0.25, -0.2) is 15.0 Å². The van der Waals surface area contributed by atoms with Crippen LogP contribution in [0.15, 0.2) is 97.3 Å². The number of H-pyrrole nitrogens is 1. The van der Waals surface area contributed by atoms with E-state index in [-0.39, 0.29) is 6.61 Å². The number of aromatic amines is 1. The molecule has 0 saturated carbocycles. The van der Waals surface area contributed by atoms with Gasteiger partial charge >= 0.3 is 0 Å². The van der Waals surface area contributed by atoms with E-state index in [1.165, 1.54) is 0 Å². The number of aliphatic hydroxyl groups is 1. The average molecular weight is 537 g/mol. The molecule has 9 nitrogen and oxygen atoms in total. The van der Waals surface area contributed by atoms with Crippen molar-refractivity contribution in [1.29, 1.82) is 0 Å². The van der Waals surface area contributed by atoms with E-state index in [1.807, 2.05) is 84.9 Å². The van der Waals surface area contributed by atoms with Gasteiger partial charge in [0.25, 0.3) is 0 Å². The summed E-state index contributed by atoms with van der Waals surface area (Å²) in [4.78, 5) is 17.0. The molecule has 3 aromatic carbocycles. The zero-order chi connectivity index (χ0) is 27.4. The summed E-state index contributed by atoms with van der Waals surface area (Å²) < 4.78 is 11.8. The highest BCUT2D eigenvalue weighted by Gasteiger charge is 2.10. The first-order chi connectivity index (χ1) is 19.8. The molecule has 0 aliphatic heterocycles. The normalized spacial score (nSPS) is 10.8. The molecule has 0 bridgehead atoms. The Labute approximate surface area is 233 Å². The summed E-state index contributed by atoms with van der Waals surface area (Å²) in [6, 6.07) is 27.5. The standard InChI is InChI=1S/C31H32N6O3/c38-17-16-32-14-6-18-39-27-12-5-10-25(20-27)35-31-33-15-13-28(37-31)29-21-34-30(36-29)24-9-4-11-26(19-24)40-22-23-7-2-1-3-8-23/h1-5,7-13,15,19-21,32,38H,6,14,16-18,22H2,(H,34,36)(H,33,35,37). The number of hydrogen-bond acceptors (Lipinski definition) is 8. The van der Waals surface area contributed by atoms with Crippen molar-refractivity contribution in [3.8, 4) is 34.3 Å². The second-order valence-electron chi connectivity index (χ2n) is 9.04. The molecule has 0 atom stereocenters. The van der Waals surface area contributed by atoms with E-state index < -0.39 is 0 Å². The van der Waals surface area contributed by atoms with E-state index in [2.05, 4.69) is 30.6 Å². The molecule has 0 spiro atoms. The van der Waals surface area contributed by atoms with E-state index in [9.17, 15) is 0 Å². The molecule has 2 heterocycles. The van der Waals surface area contributed by atoms with E-state index in [0.717, 1.165) is 58.5 Å². The van der Waals surface area contributed by atoms with Crippen molar-refractivity contribution in [3.05, 3.63) is 103 Å². The van der Waals surface area contributed by atoms with E-state index >= 15 is 0 Å². The zero-order valence-corrected chi connectivity index (χ0v) is 22.1. The molecule has 0 fully saturated rings. The maximum Gasteiger partial charge on any atom is 0.227 e. The van der Waals surface area contributed by atoms with Crippen molar-refractivity contribution in [2.75, 3.05) is 31.6 Å². The molecule has 0 aliphatic rings. The summed E-state index contributed by atoms with van der Waals surface area (Å²) >= 11 is 0. The topological polar surface area (TPSA) is 117 Å². The fraction of sp³-hybridized carbons (Fsp3) is 0.194. The molecule has 0 saturated heterocycles. The molecule has 0 aliphatic carbocycles. The van der Waals surface area contributed by atoms with Crippen molar-refractivity contribution >= 4 is 11.6 Å². The number of rotatable bonds is 14.